The molecule has 7 heteroatoms. The zero-order valence-corrected chi connectivity index (χ0v) is 12.1. The molecule has 0 aliphatic rings. The Morgan fingerprint density at radius 1 is 1.40 bits per heavy atom. The van der Waals surface area contributed by atoms with Crippen LogP contribution in [0.3, 0.4) is 0 Å². The summed E-state index contributed by atoms with van der Waals surface area (Å²) >= 11 is 0. The zero-order chi connectivity index (χ0) is 15.6. The fourth-order valence-corrected chi connectivity index (χ4v) is 2.76. The van der Waals surface area contributed by atoms with Gasteiger partial charge in [0.25, 0.3) is 12.1 Å². The maximum absolute atomic E-state index is 12.8. The van der Waals surface area contributed by atoms with Crippen molar-refractivity contribution in [3.63, 3.8) is 0 Å². The highest BCUT2D eigenvalue weighted by Crippen LogP contribution is 2.24. The molecular formula is C13H15F4NOSi. The molecule has 20 heavy (non-hydrogen) atoms. The Hall–Kier alpha value is -1.63. The number of carbonyl (C=O) groups excluding carboxylic acids is 1. The Bertz CT molecular complexity index is 513. The molecule has 1 atom stereocenters. The van der Waals surface area contributed by atoms with E-state index in [1.807, 2.05) is 24.1 Å². The van der Waals surface area contributed by atoms with Gasteiger partial charge >= 0.3 is 6.18 Å². The minimum Gasteiger partial charge on any atom is -0.323 e. The summed E-state index contributed by atoms with van der Waals surface area (Å²) in [5.74, 6) is -1.72. The van der Waals surface area contributed by atoms with Crippen LogP contribution in [-0.4, -0.2) is 26.3 Å². The molecule has 0 radical (unpaired) electrons. The molecule has 1 N–H and O–H groups in total. The van der Waals surface area contributed by atoms with Gasteiger partial charge in [0.1, 0.15) is 8.07 Å². The van der Waals surface area contributed by atoms with E-state index in [2.05, 4.69) is 6.58 Å². The van der Waals surface area contributed by atoms with E-state index >= 15 is 0 Å². The van der Waals surface area contributed by atoms with E-state index < -0.39 is 26.3 Å². The number of alkyl halides is 4. The summed E-state index contributed by atoms with van der Waals surface area (Å²) in [6.45, 7) is 7.71. The van der Waals surface area contributed by atoms with Crippen LogP contribution in [0.5, 0.6) is 0 Å². The van der Waals surface area contributed by atoms with Gasteiger partial charge in [-0.05, 0) is 12.1 Å². The lowest BCUT2D eigenvalue weighted by Crippen LogP contribution is -2.40. The average molecular weight is 305 g/mol. The molecule has 1 rings (SSSR count). The fourth-order valence-electron chi connectivity index (χ4n) is 1.47. The maximum atomic E-state index is 12.8. The fraction of sp³-hybridized carbons (Fsp3) is 0.308. The van der Waals surface area contributed by atoms with Gasteiger partial charge in [0.05, 0.1) is 0 Å². The van der Waals surface area contributed by atoms with Crippen LogP contribution in [0, 0.1) is 0 Å². The van der Waals surface area contributed by atoms with Gasteiger partial charge in [-0.15, -0.1) is 6.58 Å². The van der Waals surface area contributed by atoms with Crippen LogP contribution in [0.15, 0.2) is 36.5 Å². The SMILES string of the molecule is C=C[Si](C)(C)c1cccc(NC(=O)C(F)C(F)(F)F)c1. The number of benzene rings is 1. The molecular weight excluding hydrogens is 290 g/mol. The molecule has 0 saturated carbocycles. The van der Waals surface area contributed by atoms with E-state index in [1.165, 1.54) is 6.07 Å². The third kappa shape index (κ3) is 3.93. The first-order valence-electron chi connectivity index (χ1n) is 5.83. The monoisotopic (exact) mass is 305 g/mol. The van der Waals surface area contributed by atoms with Gasteiger partial charge in [-0.3, -0.25) is 4.79 Å². The van der Waals surface area contributed by atoms with Crippen molar-refractivity contribution in [1.29, 1.82) is 0 Å². The van der Waals surface area contributed by atoms with Gasteiger partial charge in [-0.25, -0.2) is 4.39 Å². The Morgan fingerprint density at radius 2 is 2.00 bits per heavy atom. The average Bonchev–Trinajstić information content (AvgIpc) is 2.37. The Morgan fingerprint density at radius 3 is 2.50 bits per heavy atom. The first kappa shape index (κ1) is 16.4. The Balaban J connectivity index is 2.92. The predicted octanol–water partition coefficient (Wildman–Crippen LogP) is 3.17. The van der Waals surface area contributed by atoms with Gasteiger partial charge in [0.2, 0.25) is 0 Å². The molecule has 0 fully saturated rings. The molecule has 1 aromatic carbocycles. The second-order valence-corrected chi connectivity index (χ2v) is 9.33. The van der Waals surface area contributed by atoms with Crippen LogP contribution in [0.25, 0.3) is 0 Å². The molecule has 0 aliphatic heterocycles. The molecule has 1 amide bonds. The second-order valence-electron chi connectivity index (χ2n) is 4.90. The quantitative estimate of drug-likeness (QED) is 0.672. The zero-order valence-electron chi connectivity index (χ0n) is 11.1. The van der Waals surface area contributed by atoms with E-state index in [4.69, 9.17) is 0 Å². The molecule has 1 aromatic rings. The van der Waals surface area contributed by atoms with E-state index in [0.29, 0.717) is 0 Å². The topological polar surface area (TPSA) is 29.1 Å². The maximum Gasteiger partial charge on any atom is 0.428 e. The molecule has 0 saturated heterocycles. The van der Waals surface area contributed by atoms with E-state index in [-0.39, 0.29) is 5.69 Å². The molecule has 0 heterocycles. The van der Waals surface area contributed by atoms with Crippen LogP contribution in [0.4, 0.5) is 23.2 Å². The van der Waals surface area contributed by atoms with Crippen LogP contribution in [-0.2, 0) is 4.79 Å². The van der Waals surface area contributed by atoms with Crippen LogP contribution < -0.4 is 10.5 Å². The first-order chi connectivity index (χ1) is 9.08. The molecule has 2 nitrogen and oxygen atoms in total. The number of rotatable bonds is 4. The third-order valence-corrected chi connectivity index (χ3v) is 5.72. The van der Waals surface area contributed by atoms with Crippen molar-refractivity contribution in [2.24, 2.45) is 0 Å². The van der Waals surface area contributed by atoms with E-state index in [1.54, 1.807) is 18.2 Å². The van der Waals surface area contributed by atoms with Gasteiger partial charge in [0.15, 0.2) is 0 Å². The normalized spacial score (nSPS) is 13.7. The van der Waals surface area contributed by atoms with Crippen LogP contribution >= 0.6 is 0 Å². The van der Waals surface area contributed by atoms with Crippen LogP contribution in [0.1, 0.15) is 0 Å². The van der Waals surface area contributed by atoms with Crippen molar-refractivity contribution in [3.8, 4) is 0 Å². The number of carbonyl (C=O) groups is 1. The predicted molar refractivity (Wildman–Crippen MR) is 73.3 cm³/mol. The van der Waals surface area contributed by atoms with Crippen molar-refractivity contribution in [3.05, 3.63) is 36.5 Å². The number of hydrogen-bond donors (Lipinski definition) is 1. The summed E-state index contributed by atoms with van der Waals surface area (Å²) in [4.78, 5) is 11.2. The van der Waals surface area contributed by atoms with Crippen LogP contribution in [0.2, 0.25) is 13.1 Å². The van der Waals surface area contributed by atoms with E-state index in [9.17, 15) is 22.4 Å². The highest BCUT2D eigenvalue weighted by molar-refractivity contribution is 6.93. The summed E-state index contributed by atoms with van der Waals surface area (Å²) in [5.41, 5.74) is 1.95. The summed E-state index contributed by atoms with van der Waals surface area (Å²) < 4.78 is 49.1. The highest BCUT2D eigenvalue weighted by Gasteiger charge is 2.45. The lowest BCUT2D eigenvalue weighted by Gasteiger charge is -2.19. The number of nitrogens with one attached hydrogen (secondary N) is 1. The molecule has 0 bridgehead atoms. The lowest BCUT2D eigenvalue weighted by molar-refractivity contribution is -0.183. The van der Waals surface area contributed by atoms with Gasteiger partial charge in [-0.1, -0.05) is 36.1 Å². The smallest absolute Gasteiger partial charge is 0.323 e. The molecule has 0 aliphatic carbocycles. The molecule has 0 spiro atoms. The lowest BCUT2D eigenvalue weighted by atomic mass is 10.3. The number of halogens is 4. The highest BCUT2D eigenvalue weighted by atomic mass is 28.3. The summed E-state index contributed by atoms with van der Waals surface area (Å²) in [6.07, 6.45) is -8.73. The van der Waals surface area contributed by atoms with E-state index in [0.717, 1.165) is 5.19 Å². The standard InChI is InChI=1S/C13H15F4NOSi/c1-4-20(2,3)10-7-5-6-9(8-10)18-12(19)11(14)13(15,16)17/h4-8,11H,1H2,2-3H3,(H,18,19). The summed E-state index contributed by atoms with van der Waals surface area (Å²) in [7, 11) is -1.90. The summed E-state index contributed by atoms with van der Waals surface area (Å²) in [6, 6.07) is 6.37. The Labute approximate surface area is 115 Å². The largest absolute Gasteiger partial charge is 0.428 e. The van der Waals surface area contributed by atoms with Crippen molar-refractivity contribution < 1.29 is 22.4 Å². The van der Waals surface area contributed by atoms with Crippen molar-refractivity contribution in [2.45, 2.75) is 25.4 Å². The van der Waals surface area contributed by atoms with Crippen molar-refractivity contribution in [2.75, 3.05) is 5.32 Å². The van der Waals surface area contributed by atoms with Gasteiger partial charge in [0, 0.05) is 5.69 Å². The number of hydrogen-bond acceptors (Lipinski definition) is 1. The molecule has 0 aromatic heterocycles. The second kappa shape index (κ2) is 5.78. The van der Waals surface area contributed by atoms with Crippen molar-refractivity contribution >= 4 is 24.9 Å². The van der Waals surface area contributed by atoms with Gasteiger partial charge in [-0.2, -0.15) is 13.2 Å². The third-order valence-electron chi connectivity index (χ3n) is 2.90. The minimum atomic E-state index is -5.20. The van der Waals surface area contributed by atoms with Crippen molar-refractivity contribution in [1.82, 2.24) is 0 Å². The Kier molecular flexibility index (Phi) is 4.75. The number of amides is 1. The summed E-state index contributed by atoms with van der Waals surface area (Å²) in [5, 5.41) is 2.82. The first-order valence-corrected chi connectivity index (χ1v) is 8.91. The number of anilines is 1. The molecule has 1 unspecified atom stereocenters. The molecule has 110 valence electrons. The van der Waals surface area contributed by atoms with Gasteiger partial charge < -0.3 is 5.32 Å². The minimum absolute atomic E-state index is 0.141.